The molecule has 1 aromatic heterocycles. The number of amides is 1. The molecule has 0 aliphatic carbocycles. The van der Waals surface area contributed by atoms with Gasteiger partial charge in [0.25, 0.3) is 0 Å². The molecule has 1 aromatic carbocycles. The van der Waals surface area contributed by atoms with Crippen LogP contribution in [0.5, 0.6) is 5.75 Å². The lowest BCUT2D eigenvalue weighted by Crippen LogP contribution is -2.18. The molecule has 20 heavy (non-hydrogen) atoms. The lowest BCUT2D eigenvalue weighted by molar-refractivity contribution is -0.116. The van der Waals surface area contributed by atoms with E-state index in [9.17, 15) is 9.59 Å². The fraction of sp³-hybridized carbons (Fsp3) is 0.200. The number of nitrogens with one attached hydrogen (secondary N) is 1. The molecule has 0 aliphatic rings. The highest BCUT2D eigenvalue weighted by atomic mass is 16.5. The van der Waals surface area contributed by atoms with E-state index in [4.69, 9.17) is 4.74 Å². The molecule has 0 spiro atoms. The van der Waals surface area contributed by atoms with E-state index in [2.05, 4.69) is 5.32 Å². The minimum atomic E-state index is -0.180. The minimum Gasteiger partial charge on any atom is -0.495 e. The van der Waals surface area contributed by atoms with Crippen LogP contribution < -0.4 is 10.1 Å². The van der Waals surface area contributed by atoms with Gasteiger partial charge in [0.2, 0.25) is 5.91 Å². The molecule has 1 N–H and O–H groups in total. The molecule has 0 aliphatic heterocycles. The standard InChI is InChI=1S/C15H16N2O3/c1-11(18)12-7-8-17(9-12)10-15(19)16-13-5-3-4-6-14(13)20-2/h3-9H,10H2,1-2H3,(H,16,19). The van der Waals surface area contributed by atoms with Gasteiger partial charge in [-0.3, -0.25) is 9.59 Å². The lowest BCUT2D eigenvalue weighted by atomic mass is 10.2. The van der Waals surface area contributed by atoms with Gasteiger partial charge in [0.05, 0.1) is 12.8 Å². The third-order valence-corrected chi connectivity index (χ3v) is 2.86. The monoisotopic (exact) mass is 272 g/mol. The number of para-hydroxylation sites is 2. The number of methoxy groups -OCH3 is 1. The van der Waals surface area contributed by atoms with Crippen LogP contribution in [0.25, 0.3) is 0 Å². The van der Waals surface area contributed by atoms with Gasteiger partial charge in [-0.25, -0.2) is 0 Å². The van der Waals surface area contributed by atoms with Crippen molar-refractivity contribution in [2.24, 2.45) is 0 Å². The Morgan fingerprint density at radius 1 is 1.25 bits per heavy atom. The normalized spacial score (nSPS) is 10.1. The first-order chi connectivity index (χ1) is 9.60. The summed E-state index contributed by atoms with van der Waals surface area (Å²) in [5, 5.41) is 2.78. The van der Waals surface area contributed by atoms with E-state index in [1.807, 2.05) is 12.1 Å². The number of aromatic nitrogens is 1. The van der Waals surface area contributed by atoms with Crippen molar-refractivity contribution in [2.45, 2.75) is 13.5 Å². The summed E-state index contributed by atoms with van der Waals surface area (Å²) >= 11 is 0. The van der Waals surface area contributed by atoms with E-state index >= 15 is 0 Å². The van der Waals surface area contributed by atoms with Crippen LogP contribution in [0.15, 0.2) is 42.7 Å². The summed E-state index contributed by atoms with van der Waals surface area (Å²) in [5.41, 5.74) is 1.22. The highest BCUT2D eigenvalue weighted by Crippen LogP contribution is 2.22. The number of hydrogen-bond acceptors (Lipinski definition) is 3. The average molecular weight is 272 g/mol. The summed E-state index contributed by atoms with van der Waals surface area (Å²) in [6, 6.07) is 8.90. The smallest absolute Gasteiger partial charge is 0.244 e. The molecule has 2 aromatic rings. The summed E-state index contributed by atoms with van der Waals surface area (Å²) in [7, 11) is 1.55. The van der Waals surface area contributed by atoms with E-state index in [-0.39, 0.29) is 18.2 Å². The number of rotatable bonds is 5. The zero-order chi connectivity index (χ0) is 14.5. The summed E-state index contributed by atoms with van der Waals surface area (Å²) in [6.45, 7) is 1.64. The van der Waals surface area contributed by atoms with E-state index in [0.29, 0.717) is 17.0 Å². The molecule has 0 unspecified atom stereocenters. The second-order valence-electron chi connectivity index (χ2n) is 4.38. The van der Waals surface area contributed by atoms with Crippen LogP contribution in [0.4, 0.5) is 5.69 Å². The number of Topliss-reactive ketones (excluding diaryl/α,β-unsaturated/α-hetero) is 1. The highest BCUT2D eigenvalue weighted by molar-refractivity contribution is 5.94. The van der Waals surface area contributed by atoms with Crippen LogP contribution in [-0.2, 0) is 11.3 Å². The van der Waals surface area contributed by atoms with Gasteiger partial charge >= 0.3 is 0 Å². The Morgan fingerprint density at radius 2 is 2.00 bits per heavy atom. The lowest BCUT2D eigenvalue weighted by Gasteiger charge is -2.10. The molecule has 5 nitrogen and oxygen atoms in total. The van der Waals surface area contributed by atoms with E-state index in [1.165, 1.54) is 6.92 Å². The largest absolute Gasteiger partial charge is 0.495 e. The minimum absolute atomic E-state index is 0.0195. The SMILES string of the molecule is COc1ccccc1NC(=O)Cn1ccc(C(C)=O)c1. The fourth-order valence-corrected chi connectivity index (χ4v) is 1.85. The Kier molecular flexibility index (Phi) is 4.20. The van der Waals surface area contributed by atoms with Crippen LogP contribution in [0.3, 0.4) is 0 Å². The summed E-state index contributed by atoms with van der Waals surface area (Å²) < 4.78 is 6.83. The summed E-state index contributed by atoms with van der Waals surface area (Å²) in [5.74, 6) is 0.409. The second-order valence-corrected chi connectivity index (χ2v) is 4.38. The predicted octanol–water partition coefficient (Wildman–Crippen LogP) is 2.34. The maximum atomic E-state index is 12.0. The molecule has 0 atom stereocenters. The van der Waals surface area contributed by atoms with Crippen molar-refractivity contribution in [1.29, 1.82) is 0 Å². The first-order valence-corrected chi connectivity index (χ1v) is 6.19. The number of ketones is 1. The summed E-state index contributed by atoms with van der Waals surface area (Å²) in [6.07, 6.45) is 3.36. The molecular formula is C15H16N2O3. The van der Waals surface area contributed by atoms with Gasteiger partial charge in [0, 0.05) is 18.0 Å². The van der Waals surface area contributed by atoms with Crippen LogP contribution in [0, 0.1) is 0 Å². The topological polar surface area (TPSA) is 60.3 Å². The number of carbonyl (C=O) groups is 2. The van der Waals surface area contributed by atoms with Gasteiger partial charge in [-0.1, -0.05) is 12.1 Å². The average Bonchev–Trinajstić information content (AvgIpc) is 2.88. The van der Waals surface area contributed by atoms with Crippen molar-refractivity contribution in [1.82, 2.24) is 4.57 Å². The first-order valence-electron chi connectivity index (χ1n) is 6.19. The van der Waals surface area contributed by atoms with Crippen molar-refractivity contribution in [3.05, 3.63) is 48.3 Å². The highest BCUT2D eigenvalue weighted by Gasteiger charge is 2.08. The number of hydrogen-bond donors (Lipinski definition) is 1. The Labute approximate surface area is 117 Å². The van der Waals surface area contributed by atoms with Crippen LogP contribution in [0.1, 0.15) is 17.3 Å². The van der Waals surface area contributed by atoms with Gasteiger partial charge in [-0.15, -0.1) is 0 Å². The van der Waals surface area contributed by atoms with Gasteiger partial charge < -0.3 is 14.6 Å². The number of nitrogens with zero attached hydrogens (tertiary/aromatic N) is 1. The quantitative estimate of drug-likeness (QED) is 0.850. The Bertz CT molecular complexity index is 632. The molecule has 5 heteroatoms. The van der Waals surface area contributed by atoms with Crippen molar-refractivity contribution in [3.8, 4) is 5.75 Å². The van der Waals surface area contributed by atoms with Gasteiger partial charge in [0.15, 0.2) is 5.78 Å². The Hall–Kier alpha value is -2.56. The molecule has 0 fully saturated rings. The first kappa shape index (κ1) is 13.9. The molecule has 104 valence electrons. The van der Waals surface area contributed by atoms with E-state index in [1.54, 1.807) is 42.3 Å². The fourth-order valence-electron chi connectivity index (χ4n) is 1.85. The number of carbonyl (C=O) groups excluding carboxylic acids is 2. The third-order valence-electron chi connectivity index (χ3n) is 2.86. The zero-order valence-electron chi connectivity index (χ0n) is 11.4. The molecule has 0 saturated carbocycles. The zero-order valence-corrected chi connectivity index (χ0v) is 11.4. The van der Waals surface area contributed by atoms with E-state index in [0.717, 1.165) is 0 Å². The number of anilines is 1. The molecular weight excluding hydrogens is 256 g/mol. The number of ether oxygens (including phenoxy) is 1. The van der Waals surface area contributed by atoms with Crippen molar-refractivity contribution >= 4 is 17.4 Å². The van der Waals surface area contributed by atoms with Gasteiger partial charge in [0.1, 0.15) is 12.3 Å². The van der Waals surface area contributed by atoms with E-state index < -0.39 is 0 Å². The maximum Gasteiger partial charge on any atom is 0.244 e. The summed E-state index contributed by atoms with van der Waals surface area (Å²) in [4.78, 5) is 23.1. The van der Waals surface area contributed by atoms with Crippen LogP contribution in [0.2, 0.25) is 0 Å². The Balaban J connectivity index is 2.03. The predicted molar refractivity (Wildman–Crippen MR) is 76.1 cm³/mol. The Morgan fingerprint density at radius 3 is 2.65 bits per heavy atom. The molecule has 1 heterocycles. The van der Waals surface area contributed by atoms with Crippen molar-refractivity contribution in [3.63, 3.8) is 0 Å². The molecule has 1 amide bonds. The van der Waals surface area contributed by atoms with Gasteiger partial charge in [-0.2, -0.15) is 0 Å². The van der Waals surface area contributed by atoms with Crippen LogP contribution in [-0.4, -0.2) is 23.4 Å². The molecule has 2 rings (SSSR count). The van der Waals surface area contributed by atoms with Crippen molar-refractivity contribution < 1.29 is 14.3 Å². The number of benzene rings is 1. The van der Waals surface area contributed by atoms with Crippen LogP contribution >= 0.6 is 0 Å². The molecule has 0 radical (unpaired) electrons. The van der Waals surface area contributed by atoms with Crippen molar-refractivity contribution in [2.75, 3.05) is 12.4 Å². The molecule has 0 bridgehead atoms. The maximum absolute atomic E-state index is 12.0. The second kappa shape index (κ2) is 6.06. The molecule has 0 saturated heterocycles. The third kappa shape index (κ3) is 3.26. The van der Waals surface area contributed by atoms with Gasteiger partial charge in [-0.05, 0) is 25.1 Å².